The molecule has 1 fully saturated rings. The van der Waals surface area contributed by atoms with Gasteiger partial charge in [0, 0.05) is 18.7 Å². The summed E-state index contributed by atoms with van der Waals surface area (Å²) in [5.41, 5.74) is -0.721. The number of benzene rings is 2. The van der Waals surface area contributed by atoms with Gasteiger partial charge in [0.25, 0.3) is 0 Å². The SMILES string of the molecule is CCCCN1C(=O)C[C@H](C(=O)Nc2ccc(F)cc2)SC1=Nc1ccc(Cl)c(C(F)(F)F)c1. The standard InChI is InChI=1S/C22H20ClF4N3O2S/c1-2-3-10-30-19(31)12-18(20(32)28-14-6-4-13(24)5-7-14)33-21(30)29-15-8-9-17(23)16(11-15)22(25,26)27/h4-9,11,18H,2-3,10,12H2,1H3,(H,28,32)/t18-/m1/s1. The number of alkyl halides is 3. The summed E-state index contributed by atoms with van der Waals surface area (Å²) in [6.07, 6.45) is -3.32. The lowest BCUT2D eigenvalue weighted by atomic mass is 10.2. The van der Waals surface area contributed by atoms with Gasteiger partial charge in [-0.2, -0.15) is 13.2 Å². The molecule has 0 aliphatic carbocycles. The molecule has 1 aliphatic rings. The third kappa shape index (κ3) is 6.48. The monoisotopic (exact) mass is 501 g/mol. The van der Waals surface area contributed by atoms with Crippen LogP contribution < -0.4 is 5.32 Å². The number of halogens is 5. The number of rotatable bonds is 6. The third-order valence-electron chi connectivity index (χ3n) is 4.76. The molecular weight excluding hydrogens is 482 g/mol. The Morgan fingerprint density at radius 1 is 1.24 bits per heavy atom. The Labute approximate surface area is 197 Å². The van der Waals surface area contributed by atoms with Gasteiger partial charge in [-0.1, -0.05) is 36.7 Å². The Morgan fingerprint density at radius 3 is 2.58 bits per heavy atom. The van der Waals surface area contributed by atoms with Crippen molar-refractivity contribution < 1.29 is 27.2 Å². The first-order valence-corrected chi connectivity index (χ1v) is 11.3. The van der Waals surface area contributed by atoms with Crippen molar-refractivity contribution in [1.29, 1.82) is 0 Å². The first-order chi connectivity index (χ1) is 15.6. The highest BCUT2D eigenvalue weighted by atomic mass is 35.5. The van der Waals surface area contributed by atoms with Crippen molar-refractivity contribution in [2.75, 3.05) is 11.9 Å². The van der Waals surface area contributed by atoms with Crippen LogP contribution in [0.2, 0.25) is 5.02 Å². The highest BCUT2D eigenvalue weighted by molar-refractivity contribution is 8.15. The molecule has 1 saturated heterocycles. The Kier molecular flexibility index (Phi) is 8.01. The number of hydrogen-bond acceptors (Lipinski definition) is 4. The number of nitrogens with zero attached hydrogens (tertiary/aromatic N) is 2. The van der Waals surface area contributed by atoms with Gasteiger partial charge in [-0.15, -0.1) is 0 Å². The van der Waals surface area contributed by atoms with Gasteiger partial charge >= 0.3 is 6.18 Å². The zero-order valence-electron chi connectivity index (χ0n) is 17.5. The second-order valence-corrected chi connectivity index (χ2v) is 8.84. The number of carbonyl (C=O) groups is 2. The van der Waals surface area contributed by atoms with Crippen molar-refractivity contribution in [2.45, 2.75) is 37.6 Å². The number of amides is 2. The van der Waals surface area contributed by atoms with Crippen LogP contribution >= 0.6 is 23.4 Å². The number of hydrogen-bond donors (Lipinski definition) is 1. The van der Waals surface area contributed by atoms with Crippen LogP contribution in [0.4, 0.5) is 28.9 Å². The van der Waals surface area contributed by atoms with Crippen LogP contribution in [0.3, 0.4) is 0 Å². The predicted molar refractivity (Wildman–Crippen MR) is 121 cm³/mol. The largest absolute Gasteiger partial charge is 0.417 e. The first-order valence-electron chi connectivity index (χ1n) is 10.1. The molecule has 0 saturated carbocycles. The van der Waals surface area contributed by atoms with Crippen LogP contribution in [0.15, 0.2) is 47.5 Å². The molecule has 3 rings (SSSR count). The molecular formula is C22H20ClF4N3O2S. The fourth-order valence-corrected chi connectivity index (χ4v) is 4.39. The van der Waals surface area contributed by atoms with E-state index < -0.39 is 33.7 Å². The fraction of sp³-hybridized carbons (Fsp3) is 0.318. The number of amidine groups is 1. The van der Waals surface area contributed by atoms with Gasteiger partial charge in [-0.05, 0) is 48.9 Å². The van der Waals surface area contributed by atoms with E-state index in [9.17, 15) is 27.2 Å². The number of unbranched alkanes of at least 4 members (excludes halogenated alkanes) is 1. The van der Waals surface area contributed by atoms with Crippen molar-refractivity contribution in [3.05, 3.63) is 58.9 Å². The van der Waals surface area contributed by atoms with Crippen LogP contribution in [0, 0.1) is 5.82 Å². The minimum absolute atomic E-state index is 0.0388. The van der Waals surface area contributed by atoms with Gasteiger partial charge < -0.3 is 5.32 Å². The molecule has 1 aliphatic heterocycles. The van der Waals surface area contributed by atoms with Crippen molar-refractivity contribution in [2.24, 2.45) is 4.99 Å². The molecule has 33 heavy (non-hydrogen) atoms. The zero-order valence-corrected chi connectivity index (χ0v) is 19.0. The summed E-state index contributed by atoms with van der Waals surface area (Å²) in [7, 11) is 0. The van der Waals surface area contributed by atoms with Gasteiger partial charge in [0.2, 0.25) is 11.8 Å². The molecule has 1 heterocycles. The molecule has 1 N–H and O–H groups in total. The summed E-state index contributed by atoms with van der Waals surface area (Å²) in [6.45, 7) is 2.26. The van der Waals surface area contributed by atoms with Gasteiger partial charge in [-0.3, -0.25) is 14.5 Å². The lowest BCUT2D eigenvalue weighted by Gasteiger charge is -2.31. The van der Waals surface area contributed by atoms with Crippen molar-refractivity contribution >= 4 is 51.7 Å². The lowest BCUT2D eigenvalue weighted by Crippen LogP contribution is -2.45. The van der Waals surface area contributed by atoms with E-state index in [1.165, 1.54) is 35.2 Å². The van der Waals surface area contributed by atoms with Crippen molar-refractivity contribution in [3.63, 3.8) is 0 Å². The van der Waals surface area contributed by atoms with Crippen LogP contribution in [-0.4, -0.2) is 33.7 Å². The van der Waals surface area contributed by atoms with Crippen molar-refractivity contribution in [3.8, 4) is 0 Å². The number of aliphatic imine (C=N–C) groups is 1. The highest BCUT2D eigenvalue weighted by Crippen LogP contribution is 2.38. The lowest BCUT2D eigenvalue weighted by molar-refractivity contribution is -0.137. The molecule has 2 amide bonds. The van der Waals surface area contributed by atoms with E-state index in [1.807, 2.05) is 6.92 Å². The van der Waals surface area contributed by atoms with Gasteiger partial charge in [0.15, 0.2) is 5.17 Å². The fourth-order valence-electron chi connectivity index (χ4n) is 3.04. The van der Waals surface area contributed by atoms with E-state index >= 15 is 0 Å². The maximum absolute atomic E-state index is 13.2. The highest BCUT2D eigenvalue weighted by Gasteiger charge is 2.36. The summed E-state index contributed by atoms with van der Waals surface area (Å²) in [4.78, 5) is 31.2. The second-order valence-electron chi connectivity index (χ2n) is 7.26. The van der Waals surface area contributed by atoms with E-state index in [-0.39, 0.29) is 23.2 Å². The van der Waals surface area contributed by atoms with Gasteiger partial charge in [-0.25, -0.2) is 9.38 Å². The molecule has 0 aromatic heterocycles. The van der Waals surface area contributed by atoms with Gasteiger partial charge in [0.05, 0.1) is 16.3 Å². The summed E-state index contributed by atoms with van der Waals surface area (Å²) >= 11 is 6.67. The smallest absolute Gasteiger partial charge is 0.325 e. The molecule has 5 nitrogen and oxygen atoms in total. The topological polar surface area (TPSA) is 61.8 Å². The minimum Gasteiger partial charge on any atom is -0.325 e. The number of anilines is 1. The van der Waals surface area contributed by atoms with E-state index in [0.29, 0.717) is 18.7 Å². The average Bonchev–Trinajstić information content (AvgIpc) is 2.75. The van der Waals surface area contributed by atoms with E-state index in [0.717, 1.165) is 30.3 Å². The van der Waals surface area contributed by atoms with Crippen LogP contribution in [-0.2, 0) is 15.8 Å². The van der Waals surface area contributed by atoms with E-state index in [4.69, 9.17) is 11.6 Å². The molecule has 2 aromatic carbocycles. The van der Waals surface area contributed by atoms with E-state index in [1.54, 1.807) is 0 Å². The molecule has 0 unspecified atom stereocenters. The molecule has 0 radical (unpaired) electrons. The maximum atomic E-state index is 13.2. The number of thioether (sulfide) groups is 1. The average molecular weight is 502 g/mol. The summed E-state index contributed by atoms with van der Waals surface area (Å²) in [6, 6.07) is 8.36. The number of nitrogens with one attached hydrogen (secondary N) is 1. The Morgan fingerprint density at radius 2 is 1.94 bits per heavy atom. The Balaban J connectivity index is 1.89. The Bertz CT molecular complexity index is 1060. The maximum Gasteiger partial charge on any atom is 0.417 e. The molecule has 11 heteroatoms. The normalized spacial score (nSPS) is 18.0. The van der Waals surface area contributed by atoms with E-state index in [2.05, 4.69) is 10.3 Å². The molecule has 1 atom stereocenters. The second kappa shape index (κ2) is 10.6. The quantitative estimate of drug-likeness (QED) is 0.475. The zero-order chi connectivity index (χ0) is 24.2. The molecule has 176 valence electrons. The molecule has 2 aromatic rings. The summed E-state index contributed by atoms with van der Waals surface area (Å²) in [5, 5.41) is 1.44. The summed E-state index contributed by atoms with van der Waals surface area (Å²) < 4.78 is 52.8. The predicted octanol–water partition coefficient (Wildman–Crippen LogP) is 6.26. The molecule has 0 spiro atoms. The van der Waals surface area contributed by atoms with Crippen LogP contribution in [0.1, 0.15) is 31.7 Å². The minimum atomic E-state index is -4.66. The molecule has 0 bridgehead atoms. The van der Waals surface area contributed by atoms with Crippen LogP contribution in [0.5, 0.6) is 0 Å². The Hall–Kier alpha value is -2.59. The number of carbonyl (C=O) groups excluding carboxylic acids is 2. The van der Waals surface area contributed by atoms with Crippen molar-refractivity contribution in [1.82, 2.24) is 4.90 Å². The third-order valence-corrected chi connectivity index (χ3v) is 6.28. The van der Waals surface area contributed by atoms with Gasteiger partial charge in [0.1, 0.15) is 11.1 Å². The first kappa shape index (κ1) is 25.0. The summed E-state index contributed by atoms with van der Waals surface area (Å²) in [5.74, 6) is -1.31. The van der Waals surface area contributed by atoms with Crippen LogP contribution in [0.25, 0.3) is 0 Å².